The fourth-order valence-corrected chi connectivity index (χ4v) is 2.68. The summed E-state index contributed by atoms with van der Waals surface area (Å²) in [5.41, 5.74) is 2.54. The van der Waals surface area contributed by atoms with Gasteiger partial charge in [0.2, 0.25) is 0 Å². The van der Waals surface area contributed by atoms with Gasteiger partial charge in [-0.25, -0.2) is 4.68 Å². The van der Waals surface area contributed by atoms with Gasteiger partial charge in [-0.05, 0) is 52.9 Å². The average molecular weight is 346 g/mol. The number of ether oxygens (including phenoxy) is 1. The maximum absolute atomic E-state index is 12.7. The smallest absolute Gasteiger partial charge is 0.255 e. The quantitative estimate of drug-likeness (QED) is 0.610. The number of hydrogen-bond acceptors (Lipinski definition) is 6. The summed E-state index contributed by atoms with van der Waals surface area (Å²) in [4.78, 5) is 17.0. The van der Waals surface area contributed by atoms with Crippen LogP contribution in [0.15, 0.2) is 61.1 Å². The van der Waals surface area contributed by atoms with Gasteiger partial charge in [-0.1, -0.05) is 6.07 Å². The molecule has 8 nitrogen and oxygen atoms in total. The van der Waals surface area contributed by atoms with Crippen molar-refractivity contribution in [3.05, 3.63) is 66.6 Å². The van der Waals surface area contributed by atoms with Crippen LogP contribution in [0, 0.1) is 0 Å². The highest BCUT2D eigenvalue weighted by Crippen LogP contribution is 2.30. The third-order valence-electron chi connectivity index (χ3n) is 3.92. The van der Waals surface area contributed by atoms with E-state index in [1.165, 1.54) is 11.0 Å². The third-order valence-corrected chi connectivity index (χ3v) is 3.92. The molecule has 0 aliphatic carbocycles. The Bertz CT molecular complexity index is 1080. The number of amides is 1. The van der Waals surface area contributed by atoms with Crippen molar-refractivity contribution in [3.63, 3.8) is 0 Å². The van der Waals surface area contributed by atoms with Crippen molar-refractivity contribution in [1.82, 2.24) is 25.2 Å². The number of fused-ring (bicyclic) bond motifs is 1. The second-order valence-corrected chi connectivity index (χ2v) is 5.47. The molecule has 0 radical (unpaired) electrons. The van der Waals surface area contributed by atoms with Crippen molar-refractivity contribution in [2.45, 2.75) is 0 Å². The Morgan fingerprint density at radius 2 is 2.08 bits per heavy atom. The zero-order valence-corrected chi connectivity index (χ0v) is 13.8. The summed E-state index contributed by atoms with van der Waals surface area (Å²) in [7, 11) is 1.59. The highest BCUT2D eigenvalue weighted by Gasteiger charge is 2.12. The van der Waals surface area contributed by atoms with Crippen LogP contribution < -0.4 is 10.1 Å². The zero-order valence-electron chi connectivity index (χ0n) is 13.8. The number of carbonyl (C=O) groups excluding carboxylic acids is 1. The predicted molar refractivity (Wildman–Crippen MR) is 95.4 cm³/mol. The number of nitrogens with zero attached hydrogens (tertiary/aromatic N) is 5. The molecule has 2 aromatic carbocycles. The highest BCUT2D eigenvalue weighted by atomic mass is 16.5. The molecular weight excluding hydrogens is 332 g/mol. The number of anilines is 1. The normalized spacial score (nSPS) is 10.7. The molecule has 4 rings (SSSR count). The van der Waals surface area contributed by atoms with E-state index in [1.807, 2.05) is 18.2 Å². The molecular formula is C18H14N6O2. The summed E-state index contributed by atoms with van der Waals surface area (Å²) in [6.45, 7) is 0. The first-order valence-electron chi connectivity index (χ1n) is 7.83. The Kier molecular flexibility index (Phi) is 3.98. The number of carbonyl (C=O) groups is 1. The fourth-order valence-electron chi connectivity index (χ4n) is 2.68. The summed E-state index contributed by atoms with van der Waals surface area (Å²) in [5.74, 6) is 0.412. The number of methoxy groups -OCH3 is 1. The lowest BCUT2D eigenvalue weighted by molar-refractivity contribution is 0.102. The lowest BCUT2D eigenvalue weighted by atomic mass is 10.1. The molecule has 0 aliphatic rings. The molecule has 128 valence electrons. The van der Waals surface area contributed by atoms with Gasteiger partial charge >= 0.3 is 0 Å². The van der Waals surface area contributed by atoms with Gasteiger partial charge in [0.1, 0.15) is 17.6 Å². The van der Waals surface area contributed by atoms with Crippen LogP contribution in [-0.2, 0) is 0 Å². The number of rotatable bonds is 4. The minimum atomic E-state index is -0.241. The Balaban J connectivity index is 1.67. The average Bonchev–Trinajstić information content (AvgIpc) is 3.23. The van der Waals surface area contributed by atoms with Gasteiger partial charge in [-0.3, -0.25) is 9.78 Å². The van der Waals surface area contributed by atoms with Gasteiger partial charge in [0.05, 0.1) is 18.5 Å². The molecule has 26 heavy (non-hydrogen) atoms. The van der Waals surface area contributed by atoms with E-state index in [4.69, 9.17) is 4.74 Å². The van der Waals surface area contributed by atoms with E-state index < -0.39 is 0 Å². The van der Waals surface area contributed by atoms with Crippen LogP contribution in [-0.4, -0.2) is 38.2 Å². The molecule has 0 bridgehead atoms. The third kappa shape index (κ3) is 2.84. The fraction of sp³-hybridized carbons (Fsp3) is 0.0556. The minimum Gasteiger partial charge on any atom is -0.494 e. The van der Waals surface area contributed by atoms with Crippen LogP contribution in [0.3, 0.4) is 0 Å². The Hall–Kier alpha value is -3.81. The van der Waals surface area contributed by atoms with E-state index in [0.29, 0.717) is 28.2 Å². The van der Waals surface area contributed by atoms with Gasteiger partial charge in [-0.2, -0.15) is 0 Å². The summed E-state index contributed by atoms with van der Waals surface area (Å²) in [6.07, 6.45) is 3.16. The number of tetrazole rings is 1. The van der Waals surface area contributed by atoms with Crippen molar-refractivity contribution in [2.24, 2.45) is 0 Å². The van der Waals surface area contributed by atoms with Gasteiger partial charge in [0.15, 0.2) is 0 Å². The van der Waals surface area contributed by atoms with Crippen LogP contribution in [0.5, 0.6) is 5.75 Å². The van der Waals surface area contributed by atoms with Crippen LogP contribution in [0.25, 0.3) is 16.6 Å². The maximum atomic E-state index is 12.7. The number of benzene rings is 2. The summed E-state index contributed by atoms with van der Waals surface area (Å²) in [6, 6.07) is 14.3. The van der Waals surface area contributed by atoms with Crippen molar-refractivity contribution < 1.29 is 9.53 Å². The number of aromatic nitrogens is 5. The predicted octanol–water partition coefficient (Wildman–Crippen LogP) is 2.47. The number of pyridine rings is 1. The summed E-state index contributed by atoms with van der Waals surface area (Å²) < 4.78 is 6.82. The topological polar surface area (TPSA) is 94.8 Å². The van der Waals surface area contributed by atoms with Crippen molar-refractivity contribution in [3.8, 4) is 11.4 Å². The van der Waals surface area contributed by atoms with Crippen LogP contribution in [0.1, 0.15) is 10.4 Å². The SMILES string of the molecule is COc1ccc(NC(=O)c2cccc(-n3cnnn3)c2)c2cccnc12. The molecule has 8 heteroatoms. The highest BCUT2D eigenvalue weighted by molar-refractivity contribution is 6.09. The van der Waals surface area contributed by atoms with Crippen LogP contribution >= 0.6 is 0 Å². The molecule has 1 amide bonds. The van der Waals surface area contributed by atoms with Gasteiger partial charge in [0.25, 0.3) is 5.91 Å². The molecule has 0 saturated heterocycles. The van der Waals surface area contributed by atoms with Crippen LogP contribution in [0.2, 0.25) is 0 Å². The van der Waals surface area contributed by atoms with E-state index in [0.717, 1.165) is 5.39 Å². The van der Waals surface area contributed by atoms with Crippen molar-refractivity contribution in [1.29, 1.82) is 0 Å². The van der Waals surface area contributed by atoms with E-state index in [1.54, 1.807) is 43.6 Å². The minimum absolute atomic E-state index is 0.241. The van der Waals surface area contributed by atoms with Gasteiger partial charge < -0.3 is 10.1 Å². The first kappa shape index (κ1) is 15.7. The molecule has 0 saturated carbocycles. The lowest BCUT2D eigenvalue weighted by Gasteiger charge is -2.11. The molecule has 0 spiro atoms. The summed E-state index contributed by atoms with van der Waals surface area (Å²) in [5, 5.41) is 14.8. The van der Waals surface area contributed by atoms with Crippen molar-refractivity contribution in [2.75, 3.05) is 12.4 Å². The molecule has 2 aromatic heterocycles. The van der Waals surface area contributed by atoms with Crippen molar-refractivity contribution >= 4 is 22.5 Å². The molecule has 1 N–H and O–H groups in total. The monoisotopic (exact) mass is 346 g/mol. The number of hydrogen-bond donors (Lipinski definition) is 1. The molecule has 0 fully saturated rings. The van der Waals surface area contributed by atoms with E-state index >= 15 is 0 Å². The first-order valence-corrected chi connectivity index (χ1v) is 7.83. The first-order chi connectivity index (χ1) is 12.8. The number of nitrogens with one attached hydrogen (secondary N) is 1. The standard InChI is InChI=1S/C18H14N6O2/c1-26-16-8-7-15(14-6-3-9-19-17(14)16)21-18(25)12-4-2-5-13(10-12)24-11-20-22-23-24/h2-11H,1H3,(H,21,25). The Morgan fingerprint density at radius 1 is 1.15 bits per heavy atom. The van der Waals surface area contributed by atoms with Gasteiger partial charge in [-0.15, -0.1) is 5.10 Å². The van der Waals surface area contributed by atoms with E-state index in [-0.39, 0.29) is 5.91 Å². The summed E-state index contributed by atoms with van der Waals surface area (Å²) >= 11 is 0. The van der Waals surface area contributed by atoms with Gasteiger partial charge in [0, 0.05) is 17.1 Å². The van der Waals surface area contributed by atoms with E-state index in [9.17, 15) is 4.79 Å². The van der Waals surface area contributed by atoms with Crippen LogP contribution in [0.4, 0.5) is 5.69 Å². The molecule has 0 aliphatic heterocycles. The molecule has 4 aromatic rings. The maximum Gasteiger partial charge on any atom is 0.255 e. The van der Waals surface area contributed by atoms with E-state index in [2.05, 4.69) is 25.8 Å². The lowest BCUT2D eigenvalue weighted by Crippen LogP contribution is -2.13. The second-order valence-electron chi connectivity index (χ2n) is 5.47. The largest absolute Gasteiger partial charge is 0.494 e. The second kappa shape index (κ2) is 6.60. The zero-order chi connectivity index (χ0) is 17.9. The Morgan fingerprint density at radius 3 is 2.88 bits per heavy atom. The Labute approximate surface area is 148 Å². The molecule has 0 unspecified atom stereocenters. The molecule has 0 atom stereocenters. The molecule has 2 heterocycles.